The highest BCUT2D eigenvalue weighted by molar-refractivity contribution is 5.55. The summed E-state index contributed by atoms with van der Waals surface area (Å²) >= 11 is 0. The minimum absolute atomic E-state index is 0.196. The zero-order chi connectivity index (χ0) is 13.5. The average molecular weight is 251 g/mol. The molecule has 0 amide bonds. The second-order valence-corrected chi connectivity index (χ2v) is 4.85. The smallest absolute Gasteiger partial charge is 0.0807 e. The van der Waals surface area contributed by atoms with Crippen LogP contribution in [0.1, 0.15) is 45.3 Å². The third-order valence-corrected chi connectivity index (χ3v) is 3.17. The fourth-order valence-electron chi connectivity index (χ4n) is 2.15. The summed E-state index contributed by atoms with van der Waals surface area (Å²) in [6, 6.07) is 8.34. The predicted octanol–water partition coefficient (Wildman–Crippen LogP) is 2.73. The number of aliphatic hydroxyl groups excluding tert-OH is 2. The average Bonchev–Trinajstić information content (AvgIpc) is 2.38. The Bertz CT molecular complexity index is 352. The molecule has 1 rings (SSSR count). The number of anilines is 1. The van der Waals surface area contributed by atoms with Gasteiger partial charge in [0, 0.05) is 30.4 Å². The van der Waals surface area contributed by atoms with E-state index in [1.165, 1.54) is 0 Å². The molecule has 1 unspecified atom stereocenters. The van der Waals surface area contributed by atoms with Gasteiger partial charge in [0.1, 0.15) is 0 Å². The molecule has 1 aromatic carbocycles. The van der Waals surface area contributed by atoms with Gasteiger partial charge in [-0.3, -0.25) is 0 Å². The van der Waals surface area contributed by atoms with Crippen molar-refractivity contribution in [3.05, 3.63) is 29.8 Å². The summed E-state index contributed by atoms with van der Waals surface area (Å²) in [5.74, 6) is 0. The van der Waals surface area contributed by atoms with Crippen LogP contribution in [0.5, 0.6) is 0 Å². The molecule has 2 N–H and O–H groups in total. The van der Waals surface area contributed by atoms with Crippen molar-refractivity contribution >= 4 is 5.69 Å². The summed E-state index contributed by atoms with van der Waals surface area (Å²) in [6.45, 7) is 7.25. The van der Waals surface area contributed by atoms with Gasteiger partial charge >= 0.3 is 0 Å². The standard InChI is InChI=1S/C15H25NO2/c1-4-15(18)13-8-5-6-9-14(13)16(12(2)3)10-7-11-17/h5-6,8-9,12,15,17-18H,4,7,10-11H2,1-3H3. The monoisotopic (exact) mass is 251 g/mol. The van der Waals surface area contributed by atoms with Crippen LogP contribution in [-0.4, -0.2) is 29.4 Å². The van der Waals surface area contributed by atoms with E-state index < -0.39 is 6.10 Å². The van der Waals surface area contributed by atoms with Gasteiger partial charge in [0.2, 0.25) is 0 Å². The zero-order valence-electron chi connectivity index (χ0n) is 11.6. The van der Waals surface area contributed by atoms with Crippen LogP contribution in [0.25, 0.3) is 0 Å². The third kappa shape index (κ3) is 3.72. The molecule has 0 saturated heterocycles. The molecule has 0 saturated carbocycles. The molecule has 1 atom stereocenters. The van der Waals surface area contributed by atoms with Gasteiger partial charge in [0.05, 0.1) is 6.10 Å². The molecular weight excluding hydrogens is 226 g/mol. The lowest BCUT2D eigenvalue weighted by Gasteiger charge is -2.31. The maximum atomic E-state index is 10.1. The van der Waals surface area contributed by atoms with E-state index in [0.29, 0.717) is 12.5 Å². The van der Waals surface area contributed by atoms with Crippen LogP contribution in [0.15, 0.2) is 24.3 Å². The van der Waals surface area contributed by atoms with Gasteiger partial charge in [-0.2, -0.15) is 0 Å². The molecule has 18 heavy (non-hydrogen) atoms. The molecule has 0 spiro atoms. The minimum atomic E-state index is -0.420. The van der Waals surface area contributed by atoms with Crippen molar-refractivity contribution in [3.8, 4) is 0 Å². The van der Waals surface area contributed by atoms with Crippen LogP contribution in [0.3, 0.4) is 0 Å². The number of nitrogens with zero attached hydrogens (tertiary/aromatic N) is 1. The highest BCUT2D eigenvalue weighted by Gasteiger charge is 2.17. The van der Waals surface area contributed by atoms with Crippen molar-refractivity contribution in [2.75, 3.05) is 18.1 Å². The number of para-hydroxylation sites is 1. The molecular formula is C15H25NO2. The van der Waals surface area contributed by atoms with Crippen LogP contribution in [0.2, 0.25) is 0 Å². The second kappa shape index (κ2) is 7.39. The van der Waals surface area contributed by atoms with E-state index >= 15 is 0 Å². The summed E-state index contributed by atoms with van der Waals surface area (Å²) < 4.78 is 0. The first-order chi connectivity index (χ1) is 8.61. The molecule has 3 nitrogen and oxygen atoms in total. The molecule has 0 aliphatic carbocycles. The number of aliphatic hydroxyl groups is 2. The number of benzene rings is 1. The van der Waals surface area contributed by atoms with Gasteiger partial charge in [-0.1, -0.05) is 25.1 Å². The second-order valence-electron chi connectivity index (χ2n) is 4.85. The van der Waals surface area contributed by atoms with Gasteiger partial charge in [-0.15, -0.1) is 0 Å². The normalized spacial score (nSPS) is 12.8. The topological polar surface area (TPSA) is 43.7 Å². The summed E-state index contributed by atoms with van der Waals surface area (Å²) in [4.78, 5) is 2.24. The molecule has 0 aliphatic rings. The van der Waals surface area contributed by atoms with E-state index in [4.69, 9.17) is 5.11 Å². The van der Waals surface area contributed by atoms with Crippen LogP contribution >= 0.6 is 0 Å². The van der Waals surface area contributed by atoms with E-state index in [0.717, 1.165) is 24.2 Å². The van der Waals surface area contributed by atoms with Crippen LogP contribution in [-0.2, 0) is 0 Å². The van der Waals surface area contributed by atoms with Crippen LogP contribution < -0.4 is 4.90 Å². The quantitative estimate of drug-likeness (QED) is 0.783. The van der Waals surface area contributed by atoms with Crippen molar-refractivity contribution in [1.82, 2.24) is 0 Å². The lowest BCUT2D eigenvalue weighted by molar-refractivity contribution is 0.174. The molecule has 102 valence electrons. The van der Waals surface area contributed by atoms with E-state index in [9.17, 15) is 5.11 Å². The Hall–Kier alpha value is -1.06. The fraction of sp³-hybridized carbons (Fsp3) is 0.600. The Morgan fingerprint density at radius 1 is 1.22 bits per heavy atom. The van der Waals surface area contributed by atoms with Crippen molar-refractivity contribution in [2.45, 2.75) is 45.8 Å². The highest BCUT2D eigenvalue weighted by atomic mass is 16.3. The van der Waals surface area contributed by atoms with Gasteiger partial charge in [-0.05, 0) is 32.8 Å². The number of hydrogen-bond acceptors (Lipinski definition) is 3. The molecule has 1 aromatic rings. The molecule has 0 aromatic heterocycles. The van der Waals surface area contributed by atoms with Crippen LogP contribution in [0, 0.1) is 0 Å². The molecule has 0 fully saturated rings. The largest absolute Gasteiger partial charge is 0.396 e. The SMILES string of the molecule is CCC(O)c1ccccc1N(CCCO)C(C)C. The predicted molar refractivity (Wildman–Crippen MR) is 75.9 cm³/mol. The first-order valence-electron chi connectivity index (χ1n) is 6.76. The lowest BCUT2D eigenvalue weighted by atomic mass is 10.0. The maximum Gasteiger partial charge on any atom is 0.0807 e. The van der Waals surface area contributed by atoms with Crippen molar-refractivity contribution in [3.63, 3.8) is 0 Å². The molecule has 0 aliphatic heterocycles. The Morgan fingerprint density at radius 3 is 2.44 bits per heavy atom. The fourth-order valence-corrected chi connectivity index (χ4v) is 2.15. The Balaban J connectivity index is 3.03. The molecule has 3 heteroatoms. The van der Waals surface area contributed by atoms with Crippen molar-refractivity contribution < 1.29 is 10.2 Å². The molecule has 0 heterocycles. The van der Waals surface area contributed by atoms with Crippen molar-refractivity contribution in [2.24, 2.45) is 0 Å². The van der Waals surface area contributed by atoms with E-state index in [1.807, 2.05) is 31.2 Å². The Labute approximate surface area is 110 Å². The summed E-state index contributed by atoms with van der Waals surface area (Å²) in [5.41, 5.74) is 2.06. The lowest BCUT2D eigenvalue weighted by Crippen LogP contribution is -2.33. The van der Waals surface area contributed by atoms with E-state index in [2.05, 4.69) is 18.7 Å². The summed E-state index contributed by atoms with van der Waals surface area (Å²) in [5, 5.41) is 19.1. The first kappa shape index (κ1) is 15.0. The molecule has 0 bridgehead atoms. The van der Waals surface area contributed by atoms with Gasteiger partial charge in [-0.25, -0.2) is 0 Å². The highest BCUT2D eigenvalue weighted by Crippen LogP contribution is 2.29. The van der Waals surface area contributed by atoms with Gasteiger partial charge in [0.25, 0.3) is 0 Å². The zero-order valence-corrected chi connectivity index (χ0v) is 11.6. The van der Waals surface area contributed by atoms with Crippen molar-refractivity contribution in [1.29, 1.82) is 0 Å². The maximum absolute atomic E-state index is 10.1. The van der Waals surface area contributed by atoms with Gasteiger partial charge in [0.15, 0.2) is 0 Å². The first-order valence-corrected chi connectivity index (χ1v) is 6.76. The van der Waals surface area contributed by atoms with Crippen LogP contribution in [0.4, 0.5) is 5.69 Å². The minimum Gasteiger partial charge on any atom is -0.396 e. The Morgan fingerprint density at radius 2 is 1.89 bits per heavy atom. The van der Waals surface area contributed by atoms with E-state index in [1.54, 1.807) is 0 Å². The summed E-state index contributed by atoms with van der Waals surface area (Å²) in [6.07, 6.45) is 1.04. The number of rotatable bonds is 7. The summed E-state index contributed by atoms with van der Waals surface area (Å²) in [7, 11) is 0. The van der Waals surface area contributed by atoms with E-state index in [-0.39, 0.29) is 6.61 Å². The third-order valence-electron chi connectivity index (χ3n) is 3.17. The molecule has 0 radical (unpaired) electrons. The number of hydrogen-bond donors (Lipinski definition) is 2. The Kier molecular flexibility index (Phi) is 6.16. The van der Waals surface area contributed by atoms with Gasteiger partial charge < -0.3 is 15.1 Å².